The SMILES string of the molecule is O=C(Nc1nc(-c2ccc(F)cc2)cs1)c1ccccc1C(=O)c1ccccc1. The highest BCUT2D eigenvalue weighted by molar-refractivity contribution is 7.14. The monoisotopic (exact) mass is 402 g/mol. The molecule has 6 heteroatoms. The number of nitrogens with one attached hydrogen (secondary N) is 1. The number of benzene rings is 3. The van der Waals surface area contributed by atoms with Gasteiger partial charge in [0.1, 0.15) is 5.82 Å². The van der Waals surface area contributed by atoms with Gasteiger partial charge in [-0.2, -0.15) is 0 Å². The molecule has 0 spiro atoms. The minimum Gasteiger partial charge on any atom is -0.298 e. The van der Waals surface area contributed by atoms with E-state index in [4.69, 9.17) is 0 Å². The molecule has 0 fully saturated rings. The van der Waals surface area contributed by atoms with Gasteiger partial charge >= 0.3 is 0 Å². The molecule has 3 aromatic carbocycles. The Morgan fingerprint density at radius 3 is 2.21 bits per heavy atom. The molecule has 0 bridgehead atoms. The normalized spacial score (nSPS) is 10.5. The fraction of sp³-hybridized carbons (Fsp3) is 0. The standard InChI is InChI=1S/C23H15FN2O2S/c24-17-12-10-15(11-13-17)20-14-29-23(25-20)26-22(28)19-9-5-4-8-18(19)21(27)16-6-2-1-3-7-16/h1-14H,(H,25,26,28). The van der Waals surface area contributed by atoms with Crippen molar-refractivity contribution in [2.24, 2.45) is 0 Å². The Kier molecular flexibility index (Phi) is 5.27. The van der Waals surface area contributed by atoms with Crippen molar-refractivity contribution in [1.29, 1.82) is 0 Å². The lowest BCUT2D eigenvalue weighted by Crippen LogP contribution is -2.16. The van der Waals surface area contributed by atoms with Gasteiger partial charge in [0, 0.05) is 22.1 Å². The molecule has 4 aromatic rings. The van der Waals surface area contributed by atoms with Gasteiger partial charge in [-0.05, 0) is 30.3 Å². The molecule has 0 atom stereocenters. The summed E-state index contributed by atoms with van der Waals surface area (Å²) in [7, 11) is 0. The van der Waals surface area contributed by atoms with Crippen LogP contribution in [0.4, 0.5) is 9.52 Å². The molecule has 1 aromatic heterocycles. The second-order valence-electron chi connectivity index (χ2n) is 6.24. The third-order valence-electron chi connectivity index (χ3n) is 4.32. The highest BCUT2D eigenvalue weighted by Gasteiger charge is 2.19. The summed E-state index contributed by atoms with van der Waals surface area (Å²) in [5.74, 6) is -0.954. The molecule has 1 amide bonds. The van der Waals surface area contributed by atoms with Gasteiger partial charge in [0.2, 0.25) is 0 Å². The number of amides is 1. The van der Waals surface area contributed by atoms with E-state index in [1.165, 1.54) is 23.5 Å². The van der Waals surface area contributed by atoms with Crippen molar-refractivity contribution >= 4 is 28.2 Å². The van der Waals surface area contributed by atoms with Crippen LogP contribution in [0.15, 0.2) is 84.2 Å². The van der Waals surface area contributed by atoms with Gasteiger partial charge < -0.3 is 0 Å². The number of carbonyl (C=O) groups excluding carboxylic acids is 2. The number of carbonyl (C=O) groups is 2. The first-order chi connectivity index (χ1) is 14.1. The lowest BCUT2D eigenvalue weighted by Gasteiger charge is -2.08. The fourth-order valence-corrected chi connectivity index (χ4v) is 3.59. The zero-order chi connectivity index (χ0) is 20.2. The summed E-state index contributed by atoms with van der Waals surface area (Å²) in [4.78, 5) is 30.0. The fourth-order valence-electron chi connectivity index (χ4n) is 2.87. The van der Waals surface area contributed by atoms with Crippen molar-refractivity contribution in [3.8, 4) is 11.3 Å². The number of anilines is 1. The van der Waals surface area contributed by atoms with Gasteiger partial charge in [-0.3, -0.25) is 14.9 Å². The van der Waals surface area contributed by atoms with E-state index in [0.717, 1.165) is 5.56 Å². The number of hydrogen-bond acceptors (Lipinski definition) is 4. The predicted molar refractivity (Wildman–Crippen MR) is 112 cm³/mol. The number of nitrogens with zero attached hydrogens (tertiary/aromatic N) is 1. The number of ketones is 1. The van der Waals surface area contributed by atoms with Crippen molar-refractivity contribution < 1.29 is 14.0 Å². The summed E-state index contributed by atoms with van der Waals surface area (Å²) in [6.45, 7) is 0. The number of rotatable bonds is 5. The van der Waals surface area contributed by atoms with Crippen LogP contribution >= 0.6 is 11.3 Å². The lowest BCUT2D eigenvalue weighted by molar-refractivity contribution is 0.0996. The van der Waals surface area contributed by atoms with E-state index in [0.29, 0.717) is 22.0 Å². The zero-order valence-electron chi connectivity index (χ0n) is 15.1. The van der Waals surface area contributed by atoms with Gasteiger partial charge in [0.25, 0.3) is 5.91 Å². The van der Waals surface area contributed by atoms with Crippen LogP contribution in [0.1, 0.15) is 26.3 Å². The number of aromatic nitrogens is 1. The molecule has 4 rings (SSSR count). The Morgan fingerprint density at radius 1 is 0.828 bits per heavy atom. The molecule has 0 radical (unpaired) electrons. The molecular weight excluding hydrogens is 387 g/mol. The zero-order valence-corrected chi connectivity index (χ0v) is 15.9. The van der Waals surface area contributed by atoms with E-state index in [9.17, 15) is 14.0 Å². The van der Waals surface area contributed by atoms with Crippen LogP contribution < -0.4 is 5.32 Å². The Hall–Kier alpha value is -3.64. The average Bonchev–Trinajstić information content (AvgIpc) is 3.22. The molecule has 0 saturated carbocycles. The van der Waals surface area contributed by atoms with E-state index >= 15 is 0 Å². The number of thiazole rings is 1. The summed E-state index contributed by atoms with van der Waals surface area (Å²) in [5, 5.41) is 4.93. The van der Waals surface area contributed by atoms with Gasteiger partial charge in [-0.1, -0.05) is 48.5 Å². The minimum absolute atomic E-state index is 0.220. The summed E-state index contributed by atoms with van der Waals surface area (Å²) in [6, 6.07) is 21.5. The molecule has 4 nitrogen and oxygen atoms in total. The van der Waals surface area contributed by atoms with Crippen LogP contribution in [-0.2, 0) is 0 Å². The quantitative estimate of drug-likeness (QED) is 0.453. The van der Waals surface area contributed by atoms with E-state index < -0.39 is 5.91 Å². The van der Waals surface area contributed by atoms with Crippen LogP contribution in [0, 0.1) is 5.82 Å². The summed E-state index contributed by atoms with van der Waals surface area (Å²) in [5.41, 5.74) is 2.51. The van der Waals surface area contributed by atoms with Crippen LogP contribution in [0.25, 0.3) is 11.3 Å². The van der Waals surface area contributed by atoms with Gasteiger partial charge in [-0.25, -0.2) is 9.37 Å². The lowest BCUT2D eigenvalue weighted by atomic mass is 9.98. The maximum absolute atomic E-state index is 13.1. The Morgan fingerprint density at radius 2 is 1.48 bits per heavy atom. The van der Waals surface area contributed by atoms with E-state index in [-0.39, 0.29) is 17.2 Å². The van der Waals surface area contributed by atoms with Crippen molar-refractivity contribution in [2.45, 2.75) is 0 Å². The highest BCUT2D eigenvalue weighted by Crippen LogP contribution is 2.26. The van der Waals surface area contributed by atoms with Crippen LogP contribution in [-0.4, -0.2) is 16.7 Å². The molecule has 0 unspecified atom stereocenters. The molecular formula is C23H15FN2O2S. The third-order valence-corrected chi connectivity index (χ3v) is 5.07. The predicted octanol–water partition coefficient (Wildman–Crippen LogP) is 5.43. The first kappa shape index (κ1) is 18.7. The van der Waals surface area contributed by atoms with E-state index in [2.05, 4.69) is 10.3 Å². The van der Waals surface area contributed by atoms with Crippen molar-refractivity contribution in [3.05, 3.63) is 107 Å². The molecule has 1 N–H and O–H groups in total. The van der Waals surface area contributed by atoms with Crippen molar-refractivity contribution in [2.75, 3.05) is 5.32 Å². The number of hydrogen-bond donors (Lipinski definition) is 1. The summed E-state index contributed by atoms with van der Waals surface area (Å²) >= 11 is 1.26. The first-order valence-electron chi connectivity index (χ1n) is 8.83. The molecule has 0 aliphatic rings. The minimum atomic E-state index is -0.412. The second kappa shape index (κ2) is 8.16. The molecule has 0 aliphatic heterocycles. The van der Waals surface area contributed by atoms with Crippen molar-refractivity contribution in [3.63, 3.8) is 0 Å². The van der Waals surface area contributed by atoms with Gasteiger partial charge in [-0.15, -0.1) is 11.3 Å². The van der Waals surface area contributed by atoms with Crippen LogP contribution in [0.5, 0.6) is 0 Å². The Balaban J connectivity index is 1.57. The van der Waals surface area contributed by atoms with E-state index in [1.54, 1.807) is 66.0 Å². The first-order valence-corrected chi connectivity index (χ1v) is 9.71. The maximum Gasteiger partial charge on any atom is 0.258 e. The maximum atomic E-state index is 13.1. The van der Waals surface area contributed by atoms with Crippen LogP contribution in [0.3, 0.4) is 0 Å². The Bertz CT molecular complexity index is 1170. The molecule has 142 valence electrons. The van der Waals surface area contributed by atoms with Gasteiger partial charge in [0.05, 0.1) is 11.3 Å². The second-order valence-corrected chi connectivity index (χ2v) is 7.10. The molecule has 1 heterocycles. The summed E-state index contributed by atoms with van der Waals surface area (Å²) in [6.07, 6.45) is 0. The van der Waals surface area contributed by atoms with E-state index in [1.807, 2.05) is 6.07 Å². The Labute approximate surface area is 170 Å². The molecule has 0 saturated heterocycles. The number of halogens is 1. The van der Waals surface area contributed by atoms with Gasteiger partial charge in [0.15, 0.2) is 10.9 Å². The third kappa shape index (κ3) is 4.12. The molecule has 0 aliphatic carbocycles. The largest absolute Gasteiger partial charge is 0.298 e. The van der Waals surface area contributed by atoms with Crippen molar-refractivity contribution in [1.82, 2.24) is 4.98 Å². The molecule has 29 heavy (non-hydrogen) atoms. The topological polar surface area (TPSA) is 59.1 Å². The van der Waals surface area contributed by atoms with Crippen LogP contribution in [0.2, 0.25) is 0 Å². The average molecular weight is 402 g/mol. The highest BCUT2D eigenvalue weighted by atomic mass is 32.1. The summed E-state index contributed by atoms with van der Waals surface area (Å²) < 4.78 is 13.1. The smallest absolute Gasteiger partial charge is 0.258 e.